The fraction of sp³-hybridized carbons (Fsp3) is 0.867. The normalized spacial score (nSPS) is 29.3. The van der Waals surface area contributed by atoms with Crippen molar-refractivity contribution in [1.82, 2.24) is 15.1 Å². The van der Waals surface area contributed by atoms with Crippen molar-refractivity contribution < 1.29 is 19.4 Å². The molecular weight excluding hydrogens is 286 g/mol. The molecule has 0 bridgehead atoms. The predicted octanol–water partition coefficient (Wildman–Crippen LogP) is 0.743. The van der Waals surface area contributed by atoms with Crippen LogP contribution in [0.4, 0.5) is 4.79 Å². The number of fused-ring (bicyclic) bond motifs is 1. The van der Waals surface area contributed by atoms with Gasteiger partial charge in [0.1, 0.15) is 6.04 Å². The van der Waals surface area contributed by atoms with Gasteiger partial charge in [-0.15, -0.1) is 0 Å². The lowest BCUT2D eigenvalue weighted by Gasteiger charge is -2.41. The van der Waals surface area contributed by atoms with E-state index in [1.54, 1.807) is 0 Å². The summed E-state index contributed by atoms with van der Waals surface area (Å²) in [5.41, 5.74) is -0.378. The molecule has 0 aromatic carbocycles. The summed E-state index contributed by atoms with van der Waals surface area (Å²) in [6.07, 6.45) is -0.0748. The Balaban J connectivity index is 2.09. The first kappa shape index (κ1) is 17.0. The van der Waals surface area contributed by atoms with E-state index in [2.05, 4.69) is 10.2 Å². The van der Waals surface area contributed by atoms with Gasteiger partial charge in [-0.3, -0.25) is 14.6 Å². The largest absolute Gasteiger partial charge is 0.465 e. The molecule has 2 fully saturated rings. The van der Waals surface area contributed by atoms with E-state index in [1.807, 2.05) is 27.7 Å². The van der Waals surface area contributed by atoms with Gasteiger partial charge in [-0.2, -0.15) is 0 Å². The maximum atomic E-state index is 12.5. The highest BCUT2D eigenvalue weighted by Crippen LogP contribution is 2.27. The number of carbonyl (C=O) groups is 2. The monoisotopic (exact) mass is 313 g/mol. The van der Waals surface area contributed by atoms with Crippen LogP contribution in [0.1, 0.15) is 34.1 Å². The highest BCUT2D eigenvalue weighted by molar-refractivity contribution is 5.86. The number of rotatable bonds is 3. The summed E-state index contributed by atoms with van der Waals surface area (Å²) in [5, 5.41) is 12.3. The first-order chi connectivity index (χ1) is 10.2. The number of hydrogen-bond donors (Lipinski definition) is 2. The minimum Gasteiger partial charge on any atom is -0.465 e. The van der Waals surface area contributed by atoms with E-state index >= 15 is 0 Å². The van der Waals surface area contributed by atoms with Gasteiger partial charge in [0.2, 0.25) is 5.91 Å². The number of nitrogens with one attached hydrogen (secondary N) is 1. The molecule has 3 atom stereocenters. The van der Waals surface area contributed by atoms with E-state index in [9.17, 15) is 14.7 Å². The molecule has 2 amide bonds. The van der Waals surface area contributed by atoms with Crippen molar-refractivity contribution >= 4 is 12.0 Å². The summed E-state index contributed by atoms with van der Waals surface area (Å²) in [6.45, 7) is 9.85. The summed E-state index contributed by atoms with van der Waals surface area (Å²) in [4.78, 5) is 27.4. The molecule has 2 heterocycles. The molecule has 0 aromatic heterocycles. The molecule has 2 N–H and O–H groups in total. The lowest BCUT2D eigenvalue weighted by atomic mass is 10.0. The smallest absolute Gasteiger partial charge is 0.408 e. The van der Waals surface area contributed by atoms with Crippen LogP contribution in [-0.2, 0) is 9.53 Å². The van der Waals surface area contributed by atoms with Gasteiger partial charge in [-0.25, -0.2) is 4.79 Å². The zero-order chi connectivity index (χ0) is 16.5. The van der Waals surface area contributed by atoms with Gasteiger partial charge in [0.05, 0.1) is 6.10 Å². The highest BCUT2D eigenvalue weighted by atomic mass is 16.5. The van der Waals surface area contributed by atoms with Crippen LogP contribution in [0, 0.1) is 0 Å². The predicted molar refractivity (Wildman–Crippen MR) is 81.8 cm³/mol. The molecule has 0 saturated carbocycles. The first-order valence-corrected chi connectivity index (χ1v) is 7.88. The average Bonchev–Trinajstić information content (AvgIpc) is 2.76. The zero-order valence-electron chi connectivity index (χ0n) is 13.8. The van der Waals surface area contributed by atoms with Crippen LogP contribution >= 0.6 is 0 Å². The molecule has 0 aromatic rings. The van der Waals surface area contributed by atoms with Gasteiger partial charge in [0, 0.05) is 37.8 Å². The molecule has 2 rings (SSSR count). The Kier molecular flexibility index (Phi) is 4.97. The van der Waals surface area contributed by atoms with Crippen molar-refractivity contribution in [3.05, 3.63) is 0 Å². The zero-order valence-corrected chi connectivity index (χ0v) is 13.8. The third kappa shape index (κ3) is 3.89. The highest BCUT2D eigenvalue weighted by Gasteiger charge is 2.45. The fourth-order valence-corrected chi connectivity index (χ4v) is 3.27. The van der Waals surface area contributed by atoms with Crippen molar-refractivity contribution in [2.24, 2.45) is 0 Å². The Morgan fingerprint density at radius 1 is 1.27 bits per heavy atom. The molecule has 2 aliphatic rings. The standard InChI is InChI=1S/C15H27N3O4/c1-5-22-11-6-10-7-18(14(20)21)12(9-17(10)8-11)13(19)16-15(2,3)4/h10-12H,5-9H2,1-4H3,(H,16,19)(H,20,21)/t10-,11-,12+/m1/s1. The van der Waals surface area contributed by atoms with E-state index in [0.717, 1.165) is 13.0 Å². The Bertz CT molecular complexity index is 435. The van der Waals surface area contributed by atoms with Gasteiger partial charge >= 0.3 is 6.09 Å². The van der Waals surface area contributed by atoms with E-state index in [-0.39, 0.29) is 23.6 Å². The van der Waals surface area contributed by atoms with Crippen molar-refractivity contribution in [3.8, 4) is 0 Å². The van der Waals surface area contributed by atoms with Crippen LogP contribution in [-0.4, -0.2) is 76.9 Å². The number of amides is 2. The van der Waals surface area contributed by atoms with Crippen LogP contribution in [0.5, 0.6) is 0 Å². The van der Waals surface area contributed by atoms with E-state index in [1.165, 1.54) is 4.90 Å². The van der Waals surface area contributed by atoms with Crippen LogP contribution < -0.4 is 5.32 Å². The van der Waals surface area contributed by atoms with Gasteiger partial charge in [0.15, 0.2) is 0 Å². The Hall–Kier alpha value is -1.34. The van der Waals surface area contributed by atoms with E-state index in [4.69, 9.17) is 4.74 Å². The second-order valence-corrected chi connectivity index (χ2v) is 7.11. The summed E-state index contributed by atoms with van der Waals surface area (Å²) >= 11 is 0. The molecule has 0 spiro atoms. The van der Waals surface area contributed by atoms with Crippen LogP contribution in [0.2, 0.25) is 0 Å². The number of nitrogens with zero attached hydrogens (tertiary/aromatic N) is 2. The molecule has 0 unspecified atom stereocenters. The van der Waals surface area contributed by atoms with E-state index in [0.29, 0.717) is 19.7 Å². The third-order valence-corrected chi connectivity index (χ3v) is 4.13. The van der Waals surface area contributed by atoms with Crippen molar-refractivity contribution in [2.45, 2.75) is 57.8 Å². The van der Waals surface area contributed by atoms with Crippen molar-refractivity contribution in [3.63, 3.8) is 0 Å². The fourth-order valence-electron chi connectivity index (χ4n) is 3.27. The minimum atomic E-state index is -1.03. The van der Waals surface area contributed by atoms with Crippen molar-refractivity contribution in [1.29, 1.82) is 0 Å². The van der Waals surface area contributed by atoms with Gasteiger partial charge in [0.25, 0.3) is 0 Å². The summed E-state index contributed by atoms with van der Waals surface area (Å²) < 4.78 is 5.66. The molecule has 7 heteroatoms. The van der Waals surface area contributed by atoms with E-state index < -0.39 is 12.1 Å². The van der Waals surface area contributed by atoms with Crippen LogP contribution in [0.15, 0.2) is 0 Å². The second kappa shape index (κ2) is 6.42. The lowest BCUT2D eigenvalue weighted by molar-refractivity contribution is -0.130. The molecule has 7 nitrogen and oxygen atoms in total. The molecule has 0 aliphatic carbocycles. The molecule has 2 aliphatic heterocycles. The summed E-state index contributed by atoms with van der Waals surface area (Å²) in [6, 6.07) is -0.514. The Morgan fingerprint density at radius 2 is 1.95 bits per heavy atom. The Morgan fingerprint density at radius 3 is 2.50 bits per heavy atom. The lowest BCUT2D eigenvalue weighted by Crippen LogP contribution is -2.63. The van der Waals surface area contributed by atoms with Crippen LogP contribution in [0.25, 0.3) is 0 Å². The maximum absolute atomic E-state index is 12.5. The van der Waals surface area contributed by atoms with Gasteiger partial charge in [-0.1, -0.05) is 0 Å². The number of carboxylic acid groups (broad SMARTS) is 1. The quantitative estimate of drug-likeness (QED) is 0.803. The van der Waals surface area contributed by atoms with Gasteiger partial charge in [-0.05, 0) is 34.1 Å². The summed E-state index contributed by atoms with van der Waals surface area (Å²) in [5.74, 6) is -0.229. The van der Waals surface area contributed by atoms with Crippen LogP contribution in [0.3, 0.4) is 0 Å². The number of piperazine rings is 1. The maximum Gasteiger partial charge on any atom is 0.408 e. The van der Waals surface area contributed by atoms with Gasteiger partial charge < -0.3 is 15.2 Å². The molecule has 22 heavy (non-hydrogen) atoms. The van der Waals surface area contributed by atoms with Crippen molar-refractivity contribution in [2.75, 3.05) is 26.2 Å². The third-order valence-electron chi connectivity index (χ3n) is 4.13. The molecule has 2 saturated heterocycles. The number of ether oxygens (including phenoxy) is 1. The number of hydrogen-bond acceptors (Lipinski definition) is 4. The first-order valence-electron chi connectivity index (χ1n) is 7.88. The average molecular weight is 313 g/mol. The topological polar surface area (TPSA) is 82.1 Å². The Labute approximate surface area is 131 Å². The minimum absolute atomic E-state index is 0.134. The summed E-state index contributed by atoms with van der Waals surface area (Å²) in [7, 11) is 0. The molecule has 126 valence electrons. The SMILES string of the molecule is CCO[C@@H]1C[C@@H]2CN(C(=O)O)[C@H](C(=O)NC(C)(C)C)CN2C1. The molecular formula is C15H27N3O4. The molecule has 0 radical (unpaired) electrons. The number of carbonyl (C=O) groups excluding carboxylic acids is 1. The second-order valence-electron chi connectivity index (χ2n) is 7.11.